The van der Waals surface area contributed by atoms with Gasteiger partial charge in [0.05, 0.1) is 47.1 Å². The smallest absolute Gasteiger partial charge is 0.870 e. The van der Waals surface area contributed by atoms with E-state index in [1.54, 1.807) is 0 Å². The molecule has 0 aliphatic carbocycles. The summed E-state index contributed by atoms with van der Waals surface area (Å²) in [6.07, 6.45) is 4.37. The van der Waals surface area contributed by atoms with Crippen LogP contribution in [0.2, 0.25) is 0 Å². The summed E-state index contributed by atoms with van der Waals surface area (Å²) in [5, 5.41) is 0. The van der Waals surface area contributed by atoms with Crippen LogP contribution in [0.25, 0.3) is 0 Å². The van der Waals surface area contributed by atoms with Gasteiger partial charge < -0.3 is 44.2 Å². The van der Waals surface area contributed by atoms with Gasteiger partial charge in [0, 0.05) is 25.2 Å². The molecule has 0 bridgehead atoms. The molecule has 4 saturated heterocycles. The number of rotatable bonds is 5. The minimum Gasteiger partial charge on any atom is -0.870 e. The summed E-state index contributed by atoms with van der Waals surface area (Å²) in [5.41, 5.74) is 1.00. The Balaban J connectivity index is -0.000000173. The molecule has 0 saturated carbocycles. The van der Waals surface area contributed by atoms with Crippen LogP contribution in [0.3, 0.4) is 0 Å². The van der Waals surface area contributed by atoms with E-state index in [0.717, 1.165) is 32.0 Å². The summed E-state index contributed by atoms with van der Waals surface area (Å²) < 4.78 is 27.8. The van der Waals surface area contributed by atoms with E-state index in [0.29, 0.717) is 51.1 Å². The molecule has 12 nitrogen and oxygen atoms in total. The number of ether oxygens (including phenoxy) is 6. The maximum Gasteiger partial charge on any atom is 1.00 e. The van der Waals surface area contributed by atoms with Gasteiger partial charge in [-0.3, -0.25) is 15.9 Å². The molecule has 0 radical (unpaired) electrons. The molecule has 0 aromatic heterocycles. The quantitative estimate of drug-likeness (QED) is 0.158. The van der Waals surface area contributed by atoms with Crippen LogP contribution in [0.4, 0.5) is 0 Å². The second-order valence-corrected chi connectivity index (χ2v) is 6.79. The first-order chi connectivity index (χ1) is 14.5. The van der Waals surface area contributed by atoms with E-state index in [1.165, 1.54) is 20.3 Å². The van der Waals surface area contributed by atoms with Gasteiger partial charge in [-0.25, -0.2) is 4.79 Å². The minimum absolute atomic E-state index is 0. The fourth-order valence-electron chi connectivity index (χ4n) is 1.96. The van der Waals surface area contributed by atoms with Gasteiger partial charge in [0.15, 0.2) is 5.78 Å². The first-order valence-corrected chi connectivity index (χ1v) is 9.50. The Labute approximate surface area is 223 Å². The predicted octanol–water partition coefficient (Wildman–Crippen LogP) is -6.32. The van der Waals surface area contributed by atoms with E-state index in [4.69, 9.17) is 14.2 Å². The van der Waals surface area contributed by atoms with E-state index < -0.39 is 0 Å². The molecule has 0 aromatic rings. The Hall–Kier alpha value is -1.03. The Morgan fingerprint density at radius 1 is 0.882 bits per heavy atom. The molecule has 4 fully saturated rings. The van der Waals surface area contributed by atoms with E-state index in [1.807, 2.05) is 6.29 Å². The van der Waals surface area contributed by atoms with Crippen LogP contribution in [-0.2, 0) is 47.6 Å². The fraction of sp³-hybridized carbons (Fsp3) is 0.700. The third-order valence-corrected chi connectivity index (χ3v) is 4.09. The Morgan fingerprint density at radius 3 is 1.56 bits per heavy atom. The van der Waals surface area contributed by atoms with Crippen molar-refractivity contribution in [3.8, 4) is 0 Å². The summed E-state index contributed by atoms with van der Waals surface area (Å²) in [4.78, 5) is 40.4. The predicted molar refractivity (Wildman–Crippen MR) is 106 cm³/mol. The van der Waals surface area contributed by atoms with Gasteiger partial charge in [-0.15, -0.1) is 6.42 Å². The average Bonchev–Trinajstić information content (AvgIpc) is 2.63. The molecule has 4 aliphatic rings. The molecular weight excluding hydrogens is 446 g/mol. The number of carbonyl (C=O) groups is 3. The number of ketones is 1. The Kier molecular flexibility index (Phi) is 29.6. The number of carbonyl (C=O) groups excluding carboxylic acids is 4. The first kappa shape index (κ1) is 40.2. The van der Waals surface area contributed by atoms with Crippen molar-refractivity contribution < 1.29 is 96.3 Å². The largest absolute Gasteiger partial charge is 1.00 e. The maximum absolute atomic E-state index is 10.5. The zero-order valence-corrected chi connectivity index (χ0v) is 20.3. The van der Waals surface area contributed by atoms with Crippen LogP contribution >= 0.6 is 0 Å². The van der Waals surface area contributed by atoms with E-state index in [-0.39, 0.29) is 66.4 Å². The van der Waals surface area contributed by atoms with Crippen molar-refractivity contribution in [2.45, 2.75) is 12.8 Å². The van der Waals surface area contributed by atoms with E-state index in [9.17, 15) is 19.2 Å². The van der Waals surface area contributed by atoms with E-state index in [2.05, 4.69) is 14.2 Å². The van der Waals surface area contributed by atoms with Crippen molar-refractivity contribution in [3.63, 3.8) is 0 Å². The van der Waals surface area contributed by atoms with Crippen molar-refractivity contribution in [1.82, 2.24) is 0 Å². The number of esters is 2. The molecule has 0 unspecified atom stereocenters. The van der Waals surface area contributed by atoms with Crippen LogP contribution in [-0.4, -0.2) is 102 Å². The zero-order chi connectivity index (χ0) is 22.2. The van der Waals surface area contributed by atoms with Crippen LogP contribution in [0, 0.1) is 11.8 Å². The van der Waals surface area contributed by atoms with Gasteiger partial charge in [-0.05, 0) is 11.5 Å². The van der Waals surface area contributed by atoms with Crippen molar-refractivity contribution in [2.24, 2.45) is 11.8 Å². The number of Topliss-reactive ketones (excluding diaryl/α,β-unsaturated/α-hetero) is 1. The van der Waals surface area contributed by atoms with Crippen LogP contribution in [0.15, 0.2) is 11.6 Å². The monoisotopic (exact) mass is 477 g/mol. The molecule has 34 heavy (non-hydrogen) atoms. The first-order valence-electron chi connectivity index (χ1n) is 9.50. The van der Waals surface area contributed by atoms with Crippen LogP contribution in [0.5, 0.6) is 0 Å². The standard InChI is InChI=1S/C6H10O3.C6H8O3.C5H7O2.C3H4O2.2Li.2H2O/c2*1-8-6(7)2-5-3-9-4-5;6-2-1-5-3-7-4-5;4-3-1-5-2-3;;;;/h5H,2-4H2,1H3;2H,3-4H2,1H3;5H,1,3-4H2;1-2H2;;;2*1H2/q;;-1;;2*+1;;/p-2. The topological polar surface area (TPSA) is 184 Å². The summed E-state index contributed by atoms with van der Waals surface area (Å²) in [5.74, 6) is 0.677. The second-order valence-electron chi connectivity index (χ2n) is 6.79. The van der Waals surface area contributed by atoms with Gasteiger partial charge in [0.25, 0.3) is 0 Å². The minimum atomic E-state index is -0.298. The molecule has 0 amide bonds. The normalized spacial score (nSPS) is 16.9. The van der Waals surface area contributed by atoms with Gasteiger partial charge in [0.1, 0.15) is 13.2 Å². The molecule has 4 aliphatic heterocycles. The summed E-state index contributed by atoms with van der Waals surface area (Å²) in [7, 11) is 2.76. The molecule has 0 aromatic carbocycles. The van der Waals surface area contributed by atoms with Crippen molar-refractivity contribution >= 4 is 24.0 Å². The summed E-state index contributed by atoms with van der Waals surface area (Å²) in [6.45, 7) is 4.80. The van der Waals surface area contributed by atoms with Crippen molar-refractivity contribution in [2.75, 3.05) is 67.1 Å². The summed E-state index contributed by atoms with van der Waals surface area (Å²) >= 11 is 0. The molecule has 186 valence electrons. The molecule has 4 rings (SSSR count). The molecule has 0 spiro atoms. The Morgan fingerprint density at radius 2 is 1.35 bits per heavy atom. The van der Waals surface area contributed by atoms with Crippen LogP contribution in [0.1, 0.15) is 12.8 Å². The van der Waals surface area contributed by atoms with Crippen molar-refractivity contribution in [3.05, 3.63) is 11.6 Å². The number of methoxy groups -OCH3 is 2. The number of hydrogen-bond donors (Lipinski definition) is 0. The van der Waals surface area contributed by atoms with Crippen molar-refractivity contribution in [1.29, 1.82) is 0 Å². The van der Waals surface area contributed by atoms with Gasteiger partial charge in [-0.1, -0.05) is 0 Å². The molecule has 2 N–H and O–H groups in total. The van der Waals surface area contributed by atoms with Gasteiger partial charge in [0.2, 0.25) is 0 Å². The maximum atomic E-state index is 10.5. The third kappa shape index (κ3) is 19.3. The second kappa shape index (κ2) is 25.1. The number of hydrogen-bond acceptors (Lipinski definition) is 12. The molecule has 0 atom stereocenters. The van der Waals surface area contributed by atoms with Crippen LogP contribution < -0.4 is 37.7 Å². The summed E-state index contributed by atoms with van der Waals surface area (Å²) in [6, 6.07) is 0. The van der Waals surface area contributed by atoms with Gasteiger partial charge in [-0.2, -0.15) is 0 Å². The fourth-order valence-corrected chi connectivity index (χ4v) is 1.96. The van der Waals surface area contributed by atoms with E-state index >= 15 is 0 Å². The molecule has 4 heterocycles. The molecular formula is C20H31Li2O12-. The van der Waals surface area contributed by atoms with Gasteiger partial charge >= 0.3 is 49.7 Å². The molecule has 14 heteroatoms. The average molecular weight is 477 g/mol. The SMILES string of the molecule is COC(=O)C=C1COC1.COC(=O)CC1COC1.O=C1COC1.O=[C-]CC1COC1.[Li+].[Li+].[OH-].[OH-]. The zero-order valence-electron chi connectivity index (χ0n) is 20.3. The third-order valence-electron chi connectivity index (χ3n) is 4.09. The Bertz CT molecular complexity index is 580.